The highest BCUT2D eigenvalue weighted by Gasteiger charge is 2.15. The third-order valence-electron chi connectivity index (χ3n) is 2.46. The van der Waals surface area contributed by atoms with Crippen molar-refractivity contribution in [1.29, 1.82) is 0 Å². The highest BCUT2D eigenvalue weighted by atomic mass is 15.1. The van der Waals surface area contributed by atoms with Gasteiger partial charge in [0.1, 0.15) is 0 Å². The van der Waals surface area contributed by atoms with Crippen molar-refractivity contribution in [2.45, 2.75) is 39.2 Å². The van der Waals surface area contributed by atoms with Gasteiger partial charge >= 0.3 is 0 Å². The number of rotatable bonds is 2. The van der Waals surface area contributed by atoms with Gasteiger partial charge in [-0.15, -0.1) is 0 Å². The van der Waals surface area contributed by atoms with Crippen molar-refractivity contribution in [3.8, 4) is 0 Å². The summed E-state index contributed by atoms with van der Waals surface area (Å²) in [7, 11) is 0. The number of hydrogen-bond acceptors (Lipinski definition) is 2. The lowest BCUT2D eigenvalue weighted by atomic mass is 10.1. The summed E-state index contributed by atoms with van der Waals surface area (Å²) in [5, 5.41) is 0. The fourth-order valence-corrected chi connectivity index (χ4v) is 1.75. The standard InChI is InChI=1S/C10H20N2/c1-3-5-9(2)12-7-4-6-10(11)8-12/h5,10H,3-4,6-8,11H2,1-2H3. The van der Waals surface area contributed by atoms with Gasteiger partial charge in [0, 0.05) is 24.8 Å². The Morgan fingerprint density at radius 2 is 2.42 bits per heavy atom. The molecule has 0 spiro atoms. The summed E-state index contributed by atoms with van der Waals surface area (Å²) in [5.74, 6) is 0. The number of nitrogens with two attached hydrogens (primary N) is 1. The zero-order valence-corrected chi connectivity index (χ0v) is 8.21. The van der Waals surface area contributed by atoms with Crippen molar-refractivity contribution in [1.82, 2.24) is 4.90 Å². The van der Waals surface area contributed by atoms with Crippen LogP contribution in [0, 0.1) is 0 Å². The highest BCUT2D eigenvalue weighted by molar-refractivity contribution is 4.99. The average Bonchev–Trinajstić information content (AvgIpc) is 2.05. The maximum atomic E-state index is 5.89. The smallest absolute Gasteiger partial charge is 0.0326 e. The molecule has 2 N–H and O–H groups in total. The molecule has 70 valence electrons. The molecule has 1 aliphatic heterocycles. The van der Waals surface area contributed by atoms with Crippen LogP contribution < -0.4 is 5.73 Å². The van der Waals surface area contributed by atoms with Gasteiger partial charge in [-0.3, -0.25) is 0 Å². The van der Waals surface area contributed by atoms with Crippen LogP contribution >= 0.6 is 0 Å². The fraction of sp³-hybridized carbons (Fsp3) is 0.800. The Bertz CT molecular complexity index is 163. The van der Waals surface area contributed by atoms with Gasteiger partial charge < -0.3 is 10.6 Å². The van der Waals surface area contributed by atoms with E-state index in [0.29, 0.717) is 6.04 Å². The first kappa shape index (κ1) is 9.59. The topological polar surface area (TPSA) is 29.3 Å². The Kier molecular flexibility index (Phi) is 3.60. The summed E-state index contributed by atoms with van der Waals surface area (Å²) in [6, 6.07) is 0.388. The fourth-order valence-electron chi connectivity index (χ4n) is 1.75. The van der Waals surface area contributed by atoms with Crippen LogP contribution in [-0.4, -0.2) is 24.0 Å². The van der Waals surface area contributed by atoms with Crippen LogP contribution in [-0.2, 0) is 0 Å². The molecule has 12 heavy (non-hydrogen) atoms. The van der Waals surface area contributed by atoms with Crippen molar-refractivity contribution < 1.29 is 0 Å². The summed E-state index contributed by atoms with van der Waals surface area (Å²) >= 11 is 0. The first-order valence-electron chi connectivity index (χ1n) is 4.91. The van der Waals surface area contributed by atoms with Gasteiger partial charge in [-0.2, -0.15) is 0 Å². The van der Waals surface area contributed by atoms with E-state index < -0.39 is 0 Å². The number of likely N-dealkylation sites (tertiary alicyclic amines) is 1. The third-order valence-corrected chi connectivity index (χ3v) is 2.46. The third kappa shape index (κ3) is 2.52. The second-order valence-corrected chi connectivity index (χ2v) is 3.60. The van der Waals surface area contributed by atoms with Gasteiger partial charge in [-0.1, -0.05) is 13.0 Å². The van der Waals surface area contributed by atoms with Crippen molar-refractivity contribution in [2.24, 2.45) is 5.73 Å². The molecule has 0 aromatic rings. The predicted octanol–water partition coefficient (Wildman–Crippen LogP) is 1.72. The molecule has 1 fully saturated rings. The number of allylic oxidation sites excluding steroid dienone is 2. The molecule has 1 aliphatic rings. The van der Waals surface area contributed by atoms with E-state index in [-0.39, 0.29) is 0 Å². The molecule has 1 heterocycles. The van der Waals surface area contributed by atoms with Gasteiger partial charge in [0.2, 0.25) is 0 Å². The lowest BCUT2D eigenvalue weighted by Gasteiger charge is -2.33. The van der Waals surface area contributed by atoms with E-state index in [1.165, 1.54) is 25.1 Å². The molecule has 0 aromatic heterocycles. The molecule has 0 aromatic carbocycles. The van der Waals surface area contributed by atoms with Gasteiger partial charge in [0.25, 0.3) is 0 Å². The average molecular weight is 168 g/mol. The zero-order chi connectivity index (χ0) is 8.97. The lowest BCUT2D eigenvalue weighted by molar-refractivity contribution is 0.259. The van der Waals surface area contributed by atoms with Gasteiger partial charge in [0.05, 0.1) is 0 Å². The Balaban J connectivity index is 2.45. The molecule has 1 saturated heterocycles. The Labute approximate surface area is 75.4 Å². The summed E-state index contributed by atoms with van der Waals surface area (Å²) in [4.78, 5) is 2.40. The minimum absolute atomic E-state index is 0.388. The summed E-state index contributed by atoms with van der Waals surface area (Å²) in [5.41, 5.74) is 7.29. The summed E-state index contributed by atoms with van der Waals surface area (Å²) in [6.07, 6.45) is 5.83. The van der Waals surface area contributed by atoms with Crippen molar-refractivity contribution in [2.75, 3.05) is 13.1 Å². The molecular weight excluding hydrogens is 148 g/mol. The predicted molar refractivity (Wildman–Crippen MR) is 52.8 cm³/mol. The molecule has 1 unspecified atom stereocenters. The quantitative estimate of drug-likeness (QED) is 0.680. The van der Waals surface area contributed by atoms with E-state index in [1.807, 2.05) is 0 Å². The highest BCUT2D eigenvalue weighted by Crippen LogP contribution is 2.13. The lowest BCUT2D eigenvalue weighted by Crippen LogP contribution is -2.41. The molecule has 2 heteroatoms. The Morgan fingerprint density at radius 1 is 1.67 bits per heavy atom. The maximum absolute atomic E-state index is 5.89. The molecular formula is C10H20N2. The second kappa shape index (κ2) is 4.51. The van der Waals surface area contributed by atoms with Crippen LogP contribution in [0.3, 0.4) is 0 Å². The monoisotopic (exact) mass is 168 g/mol. The normalized spacial score (nSPS) is 26.1. The molecule has 0 aliphatic carbocycles. The van der Waals surface area contributed by atoms with Crippen molar-refractivity contribution in [3.63, 3.8) is 0 Å². The van der Waals surface area contributed by atoms with E-state index in [4.69, 9.17) is 5.73 Å². The summed E-state index contributed by atoms with van der Waals surface area (Å²) in [6.45, 7) is 6.59. The molecule has 1 atom stereocenters. The molecule has 0 bridgehead atoms. The van der Waals surface area contributed by atoms with Crippen LogP contribution in [0.1, 0.15) is 33.1 Å². The van der Waals surface area contributed by atoms with E-state index >= 15 is 0 Å². The first-order chi connectivity index (χ1) is 5.74. The van der Waals surface area contributed by atoms with Crippen molar-refractivity contribution in [3.05, 3.63) is 11.8 Å². The van der Waals surface area contributed by atoms with Gasteiger partial charge in [-0.25, -0.2) is 0 Å². The minimum Gasteiger partial charge on any atom is -0.374 e. The Hall–Kier alpha value is -0.500. The van der Waals surface area contributed by atoms with Crippen LogP contribution in [0.15, 0.2) is 11.8 Å². The number of piperidine rings is 1. The van der Waals surface area contributed by atoms with E-state index in [1.54, 1.807) is 0 Å². The van der Waals surface area contributed by atoms with E-state index in [0.717, 1.165) is 13.0 Å². The van der Waals surface area contributed by atoms with Gasteiger partial charge in [0.15, 0.2) is 0 Å². The number of hydrogen-bond donors (Lipinski definition) is 1. The van der Waals surface area contributed by atoms with Crippen LogP contribution in [0.5, 0.6) is 0 Å². The molecule has 1 rings (SSSR count). The first-order valence-corrected chi connectivity index (χ1v) is 4.91. The summed E-state index contributed by atoms with van der Waals surface area (Å²) < 4.78 is 0. The van der Waals surface area contributed by atoms with E-state index in [2.05, 4.69) is 24.8 Å². The maximum Gasteiger partial charge on any atom is 0.0326 e. The molecule has 0 saturated carbocycles. The van der Waals surface area contributed by atoms with Crippen LogP contribution in [0.4, 0.5) is 0 Å². The SMILES string of the molecule is CCC=C(C)N1CCCC(N)C1. The van der Waals surface area contributed by atoms with Crippen molar-refractivity contribution >= 4 is 0 Å². The minimum atomic E-state index is 0.388. The van der Waals surface area contributed by atoms with Crippen LogP contribution in [0.25, 0.3) is 0 Å². The Morgan fingerprint density at radius 3 is 3.00 bits per heavy atom. The number of nitrogens with zero attached hydrogens (tertiary/aromatic N) is 1. The largest absolute Gasteiger partial charge is 0.374 e. The van der Waals surface area contributed by atoms with E-state index in [9.17, 15) is 0 Å². The van der Waals surface area contributed by atoms with Gasteiger partial charge in [-0.05, 0) is 26.2 Å². The molecule has 0 radical (unpaired) electrons. The van der Waals surface area contributed by atoms with Crippen LogP contribution in [0.2, 0.25) is 0 Å². The zero-order valence-electron chi connectivity index (χ0n) is 8.21. The molecule has 0 amide bonds. The second-order valence-electron chi connectivity index (χ2n) is 3.60. The molecule has 2 nitrogen and oxygen atoms in total.